The van der Waals surface area contributed by atoms with E-state index < -0.39 is 0 Å². The average Bonchev–Trinajstić information content (AvgIpc) is 2.40. The van der Waals surface area contributed by atoms with Gasteiger partial charge in [0, 0.05) is 51.2 Å². The lowest BCUT2D eigenvalue weighted by atomic mass is 9.99. The molecule has 2 fully saturated rings. The number of aromatic nitrogens is 1. The average molecular weight is 311 g/mol. The van der Waals surface area contributed by atoms with Crippen molar-refractivity contribution in [3.8, 4) is 0 Å². The number of amides is 1. The van der Waals surface area contributed by atoms with Crippen molar-refractivity contribution in [1.82, 2.24) is 20.5 Å². The van der Waals surface area contributed by atoms with Crippen molar-refractivity contribution in [3.63, 3.8) is 0 Å². The molecule has 1 amide bonds. The van der Waals surface area contributed by atoms with E-state index in [0.717, 1.165) is 45.6 Å². The second-order valence-electron chi connectivity index (χ2n) is 5.77. The van der Waals surface area contributed by atoms with Crippen LogP contribution in [-0.4, -0.2) is 48.0 Å². The largest absolute Gasteiger partial charge is 0.353 e. The van der Waals surface area contributed by atoms with Crippen LogP contribution in [0.5, 0.6) is 0 Å². The van der Waals surface area contributed by atoms with Crippen LogP contribution in [0.3, 0.4) is 0 Å². The Kier molecular flexibility index (Phi) is 5.96. The number of pyridine rings is 1. The number of hydrogen-bond donors (Lipinski definition) is 2. The third-order valence-corrected chi connectivity index (χ3v) is 4.24. The van der Waals surface area contributed by atoms with Gasteiger partial charge in [0.1, 0.15) is 0 Å². The fourth-order valence-corrected chi connectivity index (χ4v) is 2.77. The van der Waals surface area contributed by atoms with E-state index in [1.807, 2.05) is 12.4 Å². The Morgan fingerprint density at radius 1 is 1.29 bits per heavy atom. The third kappa shape index (κ3) is 4.40. The molecule has 1 aromatic rings. The maximum Gasteiger partial charge on any atom is 0.225 e. The molecule has 2 aliphatic rings. The van der Waals surface area contributed by atoms with Gasteiger partial charge < -0.3 is 10.6 Å². The number of likely N-dealkylation sites (tertiary alicyclic amines) is 1. The Labute approximate surface area is 131 Å². The number of halogens is 1. The monoisotopic (exact) mass is 310 g/mol. The van der Waals surface area contributed by atoms with E-state index in [4.69, 9.17) is 0 Å². The molecular formula is C15H23ClN4O. The SMILES string of the molecule is Cl.O=C(NC1CCN(Cc2ccncc2)CC1)C1CNC1. The molecule has 0 unspecified atom stereocenters. The predicted octanol–water partition coefficient (Wildman–Crippen LogP) is 0.803. The lowest BCUT2D eigenvalue weighted by molar-refractivity contribution is -0.127. The Morgan fingerprint density at radius 2 is 1.95 bits per heavy atom. The first-order valence-electron chi connectivity index (χ1n) is 7.43. The summed E-state index contributed by atoms with van der Waals surface area (Å²) in [4.78, 5) is 18.4. The summed E-state index contributed by atoms with van der Waals surface area (Å²) < 4.78 is 0. The standard InChI is InChI=1S/C15H22N4O.ClH/c20-15(13-9-17-10-13)18-14-3-7-19(8-4-14)11-12-1-5-16-6-2-12;/h1-2,5-6,13-14,17H,3-4,7-11H2,(H,18,20);1H. The van der Waals surface area contributed by atoms with Crippen LogP contribution < -0.4 is 10.6 Å². The molecule has 0 atom stereocenters. The summed E-state index contributed by atoms with van der Waals surface area (Å²) in [5.41, 5.74) is 1.31. The minimum Gasteiger partial charge on any atom is -0.353 e. The zero-order chi connectivity index (χ0) is 13.8. The van der Waals surface area contributed by atoms with Crippen molar-refractivity contribution >= 4 is 18.3 Å². The molecule has 3 rings (SSSR count). The predicted molar refractivity (Wildman–Crippen MR) is 84.3 cm³/mol. The maximum absolute atomic E-state index is 11.9. The summed E-state index contributed by atoms with van der Waals surface area (Å²) in [6.07, 6.45) is 5.79. The van der Waals surface area contributed by atoms with Gasteiger partial charge in [-0.2, -0.15) is 0 Å². The van der Waals surface area contributed by atoms with E-state index in [-0.39, 0.29) is 24.2 Å². The van der Waals surface area contributed by atoms with Crippen molar-refractivity contribution in [2.75, 3.05) is 26.2 Å². The molecule has 6 heteroatoms. The molecule has 1 aromatic heterocycles. The van der Waals surface area contributed by atoms with Gasteiger partial charge in [-0.25, -0.2) is 0 Å². The van der Waals surface area contributed by atoms with Crippen LogP contribution in [0.2, 0.25) is 0 Å². The van der Waals surface area contributed by atoms with Crippen molar-refractivity contribution in [2.45, 2.75) is 25.4 Å². The van der Waals surface area contributed by atoms with Crippen molar-refractivity contribution in [2.24, 2.45) is 5.92 Å². The van der Waals surface area contributed by atoms with E-state index in [1.54, 1.807) is 0 Å². The first-order chi connectivity index (χ1) is 9.81. The molecule has 3 heterocycles. The number of piperidine rings is 1. The zero-order valence-corrected chi connectivity index (χ0v) is 12.9. The molecule has 21 heavy (non-hydrogen) atoms. The highest BCUT2D eigenvalue weighted by Crippen LogP contribution is 2.14. The van der Waals surface area contributed by atoms with Gasteiger partial charge in [0.2, 0.25) is 5.91 Å². The maximum atomic E-state index is 11.9. The highest BCUT2D eigenvalue weighted by Gasteiger charge is 2.28. The molecule has 0 aliphatic carbocycles. The summed E-state index contributed by atoms with van der Waals surface area (Å²) >= 11 is 0. The smallest absolute Gasteiger partial charge is 0.225 e. The second-order valence-corrected chi connectivity index (χ2v) is 5.77. The van der Waals surface area contributed by atoms with E-state index in [0.29, 0.717) is 6.04 Å². The molecule has 0 bridgehead atoms. The Hall–Kier alpha value is -1.17. The van der Waals surface area contributed by atoms with E-state index >= 15 is 0 Å². The fourth-order valence-electron chi connectivity index (χ4n) is 2.77. The first kappa shape index (κ1) is 16.2. The first-order valence-corrected chi connectivity index (χ1v) is 7.43. The second kappa shape index (κ2) is 7.73. The molecule has 116 valence electrons. The van der Waals surface area contributed by atoms with Gasteiger partial charge in [0.15, 0.2) is 0 Å². The summed E-state index contributed by atoms with van der Waals surface area (Å²) in [6.45, 7) is 4.77. The van der Waals surface area contributed by atoms with E-state index in [9.17, 15) is 4.79 Å². The molecule has 0 radical (unpaired) electrons. The molecule has 0 spiro atoms. The minimum atomic E-state index is 0. The molecule has 5 nitrogen and oxygen atoms in total. The normalized spacial score (nSPS) is 20.4. The minimum absolute atomic E-state index is 0. The molecular weight excluding hydrogens is 288 g/mol. The van der Waals surface area contributed by atoms with Crippen LogP contribution in [0.15, 0.2) is 24.5 Å². The topological polar surface area (TPSA) is 57.3 Å². The highest BCUT2D eigenvalue weighted by molar-refractivity contribution is 5.85. The van der Waals surface area contributed by atoms with Gasteiger partial charge in [-0.15, -0.1) is 12.4 Å². The number of nitrogens with one attached hydrogen (secondary N) is 2. The van der Waals surface area contributed by atoms with Crippen LogP contribution in [0.4, 0.5) is 0 Å². The highest BCUT2D eigenvalue weighted by atomic mass is 35.5. The Morgan fingerprint density at radius 3 is 2.52 bits per heavy atom. The number of nitrogens with zero attached hydrogens (tertiary/aromatic N) is 2. The summed E-state index contributed by atoms with van der Waals surface area (Å²) in [7, 11) is 0. The van der Waals surface area contributed by atoms with Crippen molar-refractivity contribution in [1.29, 1.82) is 0 Å². The molecule has 0 saturated carbocycles. The molecule has 2 saturated heterocycles. The Balaban J connectivity index is 0.00000161. The van der Waals surface area contributed by atoms with Gasteiger partial charge in [0.25, 0.3) is 0 Å². The van der Waals surface area contributed by atoms with Crippen LogP contribution >= 0.6 is 12.4 Å². The zero-order valence-electron chi connectivity index (χ0n) is 12.1. The van der Waals surface area contributed by atoms with E-state index in [1.165, 1.54) is 5.56 Å². The number of carbonyl (C=O) groups is 1. The van der Waals surface area contributed by atoms with Gasteiger partial charge in [-0.1, -0.05) is 0 Å². The Bertz CT molecular complexity index is 444. The lowest BCUT2D eigenvalue weighted by Gasteiger charge is -2.34. The quantitative estimate of drug-likeness (QED) is 0.864. The van der Waals surface area contributed by atoms with Gasteiger partial charge in [-0.05, 0) is 30.5 Å². The summed E-state index contributed by atoms with van der Waals surface area (Å²) in [6, 6.07) is 4.49. The van der Waals surface area contributed by atoms with Crippen LogP contribution in [0, 0.1) is 5.92 Å². The van der Waals surface area contributed by atoms with Crippen LogP contribution in [0.1, 0.15) is 18.4 Å². The molecule has 2 aliphatic heterocycles. The fraction of sp³-hybridized carbons (Fsp3) is 0.600. The number of hydrogen-bond acceptors (Lipinski definition) is 4. The van der Waals surface area contributed by atoms with Crippen LogP contribution in [-0.2, 0) is 11.3 Å². The third-order valence-electron chi connectivity index (χ3n) is 4.24. The lowest BCUT2D eigenvalue weighted by Crippen LogP contribution is -2.54. The molecule has 2 N–H and O–H groups in total. The van der Waals surface area contributed by atoms with Crippen molar-refractivity contribution < 1.29 is 4.79 Å². The number of rotatable bonds is 4. The van der Waals surface area contributed by atoms with Gasteiger partial charge >= 0.3 is 0 Å². The van der Waals surface area contributed by atoms with Gasteiger partial charge in [-0.3, -0.25) is 14.7 Å². The number of carbonyl (C=O) groups excluding carboxylic acids is 1. The van der Waals surface area contributed by atoms with Crippen LogP contribution in [0.25, 0.3) is 0 Å². The van der Waals surface area contributed by atoms with E-state index in [2.05, 4.69) is 32.7 Å². The molecule has 0 aromatic carbocycles. The summed E-state index contributed by atoms with van der Waals surface area (Å²) in [5.74, 6) is 0.432. The summed E-state index contributed by atoms with van der Waals surface area (Å²) in [5, 5.41) is 6.33. The van der Waals surface area contributed by atoms with Gasteiger partial charge in [0.05, 0.1) is 5.92 Å². The van der Waals surface area contributed by atoms with Crippen molar-refractivity contribution in [3.05, 3.63) is 30.1 Å².